The van der Waals surface area contributed by atoms with Gasteiger partial charge in [0, 0.05) is 35.9 Å². The van der Waals surface area contributed by atoms with Gasteiger partial charge in [0.1, 0.15) is 10.3 Å². The van der Waals surface area contributed by atoms with Gasteiger partial charge in [-0.1, -0.05) is 0 Å². The van der Waals surface area contributed by atoms with Gasteiger partial charge in [0.25, 0.3) is 0 Å². The Morgan fingerprint density at radius 3 is 2.30 bits per heavy atom. The third kappa shape index (κ3) is 2.37. The Morgan fingerprint density at radius 1 is 0.850 bits per heavy atom. The van der Waals surface area contributed by atoms with Crippen LogP contribution in [0.5, 0.6) is 0 Å². The maximum atomic E-state index is 5.85. The van der Waals surface area contributed by atoms with Crippen LogP contribution >= 0.6 is 15.9 Å². The number of halogens is 1. The number of nitrogens with two attached hydrogens (primary N) is 1. The number of hydrogen-bond donors (Lipinski definition) is 1. The second-order valence-corrected chi connectivity index (χ2v) is 4.83. The van der Waals surface area contributed by atoms with Crippen LogP contribution in [0.4, 0.5) is 5.82 Å². The van der Waals surface area contributed by atoms with Crippen LogP contribution in [0.1, 0.15) is 0 Å². The van der Waals surface area contributed by atoms with E-state index >= 15 is 0 Å². The zero-order chi connectivity index (χ0) is 13.9. The zero-order valence-electron chi connectivity index (χ0n) is 10.4. The van der Waals surface area contributed by atoms with E-state index in [4.69, 9.17) is 5.73 Å². The summed E-state index contributed by atoms with van der Waals surface area (Å²) in [5, 5.41) is 0. The van der Waals surface area contributed by atoms with Crippen LogP contribution in [0.15, 0.2) is 53.7 Å². The first-order valence-electron chi connectivity index (χ1n) is 5.89. The fourth-order valence-electron chi connectivity index (χ4n) is 1.84. The van der Waals surface area contributed by atoms with Crippen LogP contribution < -0.4 is 5.73 Å². The minimum atomic E-state index is 0.349. The van der Waals surface area contributed by atoms with Gasteiger partial charge in [0.15, 0.2) is 5.82 Å². The first kappa shape index (κ1) is 12.7. The molecule has 0 radical (unpaired) electrons. The first-order valence-corrected chi connectivity index (χ1v) is 6.69. The number of nitrogen functional groups attached to an aromatic ring is 1. The van der Waals surface area contributed by atoms with Gasteiger partial charge in [0.2, 0.25) is 0 Å². The molecule has 3 rings (SSSR count). The van der Waals surface area contributed by atoms with Gasteiger partial charge >= 0.3 is 0 Å². The summed E-state index contributed by atoms with van der Waals surface area (Å²) in [4.78, 5) is 17.1. The molecule has 0 spiro atoms. The van der Waals surface area contributed by atoms with Gasteiger partial charge in [-0.05, 0) is 40.2 Å². The van der Waals surface area contributed by atoms with Gasteiger partial charge in [-0.15, -0.1) is 0 Å². The molecule has 3 aromatic rings. The van der Waals surface area contributed by atoms with Gasteiger partial charge < -0.3 is 5.73 Å². The molecule has 0 bridgehead atoms. The number of pyridine rings is 2. The lowest BCUT2D eigenvalue weighted by Crippen LogP contribution is -2.00. The highest BCUT2D eigenvalue weighted by Crippen LogP contribution is 2.31. The minimum absolute atomic E-state index is 0.349. The summed E-state index contributed by atoms with van der Waals surface area (Å²) < 4.78 is 0.525. The minimum Gasteiger partial charge on any atom is -0.381 e. The molecule has 0 fully saturated rings. The lowest BCUT2D eigenvalue weighted by Gasteiger charge is -2.10. The van der Waals surface area contributed by atoms with Gasteiger partial charge in [-0.25, -0.2) is 9.97 Å². The van der Waals surface area contributed by atoms with Crippen LogP contribution in [0.25, 0.3) is 22.5 Å². The summed E-state index contributed by atoms with van der Waals surface area (Å²) >= 11 is 3.32. The molecule has 2 N–H and O–H groups in total. The molecule has 20 heavy (non-hydrogen) atoms. The third-order valence-electron chi connectivity index (χ3n) is 2.77. The molecule has 98 valence electrons. The Hall–Kier alpha value is -2.34. The third-order valence-corrected chi connectivity index (χ3v) is 3.35. The molecule has 0 aliphatic rings. The zero-order valence-corrected chi connectivity index (χ0v) is 11.9. The average molecular weight is 328 g/mol. The molecular formula is C14H10BrN5. The largest absolute Gasteiger partial charge is 0.381 e. The van der Waals surface area contributed by atoms with E-state index in [0.717, 1.165) is 16.8 Å². The van der Waals surface area contributed by atoms with Crippen molar-refractivity contribution in [2.75, 3.05) is 5.73 Å². The topological polar surface area (TPSA) is 77.6 Å². The maximum absolute atomic E-state index is 5.85. The van der Waals surface area contributed by atoms with Crippen LogP contribution in [0.2, 0.25) is 0 Å². The summed E-state index contributed by atoms with van der Waals surface area (Å²) in [5.41, 5.74) is 9.08. The second kappa shape index (κ2) is 5.34. The molecule has 3 aromatic heterocycles. The average Bonchev–Trinajstić information content (AvgIpc) is 2.51. The van der Waals surface area contributed by atoms with Crippen molar-refractivity contribution in [2.45, 2.75) is 0 Å². The van der Waals surface area contributed by atoms with Crippen LogP contribution in [-0.4, -0.2) is 19.9 Å². The summed E-state index contributed by atoms with van der Waals surface area (Å²) in [6, 6.07) is 7.54. The normalized spacial score (nSPS) is 10.4. The lowest BCUT2D eigenvalue weighted by molar-refractivity contribution is 1.17. The molecule has 0 aromatic carbocycles. The van der Waals surface area contributed by atoms with Crippen molar-refractivity contribution >= 4 is 21.7 Å². The van der Waals surface area contributed by atoms with Crippen LogP contribution in [-0.2, 0) is 0 Å². The molecule has 0 aliphatic heterocycles. The van der Waals surface area contributed by atoms with Crippen molar-refractivity contribution in [3.63, 3.8) is 0 Å². The van der Waals surface area contributed by atoms with E-state index in [1.165, 1.54) is 0 Å². The predicted octanol–water partition coefficient (Wildman–Crippen LogP) is 2.95. The highest BCUT2D eigenvalue weighted by molar-refractivity contribution is 9.10. The highest BCUT2D eigenvalue weighted by Gasteiger charge is 2.14. The molecule has 0 aliphatic carbocycles. The molecular weight excluding hydrogens is 318 g/mol. The number of aromatic nitrogens is 4. The smallest absolute Gasteiger partial charge is 0.157 e. The van der Waals surface area contributed by atoms with Crippen molar-refractivity contribution in [1.29, 1.82) is 0 Å². The monoisotopic (exact) mass is 327 g/mol. The van der Waals surface area contributed by atoms with Gasteiger partial charge in [0.05, 0.1) is 5.69 Å². The Bertz CT molecular complexity index is 667. The van der Waals surface area contributed by atoms with Crippen molar-refractivity contribution in [1.82, 2.24) is 19.9 Å². The van der Waals surface area contributed by atoms with Crippen LogP contribution in [0, 0.1) is 0 Å². The van der Waals surface area contributed by atoms with Crippen molar-refractivity contribution in [3.05, 3.63) is 53.7 Å². The van der Waals surface area contributed by atoms with E-state index in [1.54, 1.807) is 24.8 Å². The Kier molecular flexibility index (Phi) is 3.39. The fourth-order valence-corrected chi connectivity index (χ4v) is 2.11. The quantitative estimate of drug-likeness (QED) is 0.782. The highest BCUT2D eigenvalue weighted by atomic mass is 79.9. The standard InChI is InChI=1S/C14H10BrN5/c15-13-14(16)20-12(10-2-1-5-18-8-10)11(19-13)9-3-6-17-7-4-9/h1-8H,(H2,16,20). The van der Waals surface area contributed by atoms with Gasteiger partial charge in [-0.3, -0.25) is 9.97 Å². The van der Waals surface area contributed by atoms with E-state index in [0.29, 0.717) is 16.1 Å². The summed E-state index contributed by atoms with van der Waals surface area (Å²) in [7, 11) is 0. The molecule has 0 atom stereocenters. The van der Waals surface area contributed by atoms with E-state index < -0.39 is 0 Å². The predicted molar refractivity (Wildman–Crippen MR) is 80.6 cm³/mol. The summed E-state index contributed by atoms with van der Waals surface area (Å²) in [6.07, 6.45) is 6.88. The number of anilines is 1. The molecule has 0 saturated heterocycles. The van der Waals surface area contributed by atoms with E-state index in [1.807, 2.05) is 24.3 Å². The fraction of sp³-hybridized carbons (Fsp3) is 0. The molecule has 5 nitrogen and oxygen atoms in total. The van der Waals surface area contributed by atoms with Gasteiger partial charge in [-0.2, -0.15) is 0 Å². The van der Waals surface area contributed by atoms with Crippen molar-refractivity contribution < 1.29 is 0 Å². The first-order chi connectivity index (χ1) is 9.75. The Labute approximate surface area is 124 Å². The maximum Gasteiger partial charge on any atom is 0.157 e. The van der Waals surface area contributed by atoms with E-state index in [-0.39, 0.29) is 0 Å². The number of hydrogen-bond acceptors (Lipinski definition) is 5. The van der Waals surface area contributed by atoms with Crippen molar-refractivity contribution in [2.24, 2.45) is 0 Å². The second-order valence-electron chi connectivity index (χ2n) is 4.07. The number of nitrogens with zero attached hydrogens (tertiary/aromatic N) is 4. The number of rotatable bonds is 2. The van der Waals surface area contributed by atoms with E-state index in [2.05, 4.69) is 35.9 Å². The van der Waals surface area contributed by atoms with Crippen LogP contribution in [0.3, 0.4) is 0 Å². The van der Waals surface area contributed by atoms with Crippen molar-refractivity contribution in [3.8, 4) is 22.5 Å². The Morgan fingerprint density at radius 2 is 1.60 bits per heavy atom. The Balaban J connectivity index is 2.26. The molecule has 6 heteroatoms. The molecule has 3 heterocycles. The molecule has 0 saturated carbocycles. The summed E-state index contributed by atoms with van der Waals surface area (Å²) in [6.45, 7) is 0. The lowest BCUT2D eigenvalue weighted by atomic mass is 10.1. The molecule has 0 amide bonds. The molecule has 0 unspecified atom stereocenters. The summed E-state index contributed by atoms with van der Waals surface area (Å²) in [5.74, 6) is 0.349. The van der Waals surface area contributed by atoms with E-state index in [9.17, 15) is 0 Å². The SMILES string of the molecule is Nc1nc(-c2cccnc2)c(-c2ccncc2)nc1Br.